The van der Waals surface area contributed by atoms with Crippen LogP contribution in [0.25, 0.3) is 0 Å². The fourth-order valence-electron chi connectivity index (χ4n) is 3.09. The van der Waals surface area contributed by atoms with Crippen LogP contribution in [-0.2, 0) is 11.3 Å². The maximum Gasteiger partial charge on any atom is 0.253 e. The maximum atomic E-state index is 12.4. The number of nitrogens with one attached hydrogen (secondary N) is 2. The lowest BCUT2D eigenvalue weighted by Crippen LogP contribution is -2.41. The molecule has 0 bridgehead atoms. The molecule has 1 aromatic heterocycles. The molecular weight excluding hydrogens is 396 g/mol. The minimum atomic E-state index is -0.709. The second-order valence-electron chi connectivity index (χ2n) is 7.27. The van der Waals surface area contributed by atoms with E-state index in [1.807, 2.05) is 5.38 Å². The van der Waals surface area contributed by atoms with Gasteiger partial charge in [0.15, 0.2) is 5.13 Å². The van der Waals surface area contributed by atoms with E-state index in [4.69, 9.17) is 11.6 Å². The fraction of sp³-hybridized carbons (Fsp3) is 0.450. The molecule has 2 aromatic rings. The van der Waals surface area contributed by atoms with Crippen LogP contribution in [0.2, 0.25) is 5.02 Å². The van der Waals surface area contributed by atoms with Crippen LogP contribution >= 0.6 is 22.9 Å². The number of carbonyl (C=O) groups is 2. The number of halogens is 1. The number of hydrogen-bond donors (Lipinski definition) is 2. The lowest BCUT2D eigenvalue weighted by atomic mass is 9.99. The molecule has 1 atom stereocenters. The first-order valence-corrected chi connectivity index (χ1v) is 10.7. The number of rotatable bonds is 6. The molecule has 1 aliphatic heterocycles. The number of nitrogens with zero attached hydrogens (tertiary/aromatic N) is 2. The third kappa shape index (κ3) is 5.53. The highest BCUT2D eigenvalue weighted by Crippen LogP contribution is 2.21. The minimum absolute atomic E-state index is 0.312. The average molecular weight is 421 g/mol. The summed E-state index contributed by atoms with van der Waals surface area (Å²) in [6.07, 6.45) is 2.44. The van der Waals surface area contributed by atoms with Crippen molar-refractivity contribution in [3.8, 4) is 0 Å². The number of carbonyl (C=O) groups excluding carboxylic acids is 2. The van der Waals surface area contributed by atoms with Gasteiger partial charge in [-0.2, -0.15) is 0 Å². The van der Waals surface area contributed by atoms with E-state index >= 15 is 0 Å². The van der Waals surface area contributed by atoms with Gasteiger partial charge < -0.3 is 10.6 Å². The number of aromatic nitrogens is 1. The second kappa shape index (κ2) is 9.49. The summed E-state index contributed by atoms with van der Waals surface area (Å²) in [5.74, 6) is 0.101. The quantitative estimate of drug-likeness (QED) is 0.745. The van der Waals surface area contributed by atoms with E-state index in [0.29, 0.717) is 15.7 Å². The van der Waals surface area contributed by atoms with Crippen LogP contribution in [0, 0.1) is 5.92 Å². The molecule has 0 aliphatic carbocycles. The number of piperidine rings is 1. The van der Waals surface area contributed by atoms with Gasteiger partial charge >= 0.3 is 0 Å². The molecule has 3 rings (SSSR count). The van der Waals surface area contributed by atoms with Gasteiger partial charge in [-0.05, 0) is 50.9 Å². The first-order valence-electron chi connectivity index (χ1n) is 9.45. The van der Waals surface area contributed by atoms with E-state index in [-0.39, 0.29) is 11.8 Å². The molecule has 1 aliphatic rings. The zero-order valence-electron chi connectivity index (χ0n) is 16.1. The summed E-state index contributed by atoms with van der Waals surface area (Å²) in [6, 6.07) is 6.03. The maximum absolute atomic E-state index is 12.4. The molecule has 150 valence electrons. The van der Waals surface area contributed by atoms with Gasteiger partial charge in [-0.25, -0.2) is 4.98 Å². The molecule has 0 saturated carbocycles. The summed E-state index contributed by atoms with van der Waals surface area (Å²) in [4.78, 5) is 31.6. The van der Waals surface area contributed by atoms with Crippen molar-refractivity contribution in [3.05, 3.63) is 45.9 Å². The van der Waals surface area contributed by atoms with E-state index in [1.165, 1.54) is 24.2 Å². The summed E-state index contributed by atoms with van der Waals surface area (Å²) in [5.41, 5.74) is 1.30. The summed E-state index contributed by atoms with van der Waals surface area (Å²) >= 11 is 7.43. The van der Waals surface area contributed by atoms with Crippen LogP contribution in [0.5, 0.6) is 0 Å². The lowest BCUT2D eigenvalue weighted by Gasteiger charge is -2.29. The van der Waals surface area contributed by atoms with Gasteiger partial charge in [0.05, 0.1) is 16.3 Å². The SMILES string of the molecule is CC1CCN(Cc2csc(NC(=O)C(C)NC(=O)c3ccccc3Cl)n2)CC1. The Labute approximate surface area is 174 Å². The third-order valence-corrected chi connectivity index (χ3v) is 6.04. The van der Waals surface area contributed by atoms with Crippen molar-refractivity contribution in [2.45, 2.75) is 39.3 Å². The van der Waals surface area contributed by atoms with E-state index in [9.17, 15) is 9.59 Å². The number of thiazole rings is 1. The fourth-order valence-corrected chi connectivity index (χ4v) is 4.01. The Morgan fingerprint density at radius 1 is 1.32 bits per heavy atom. The summed E-state index contributed by atoms with van der Waals surface area (Å²) in [7, 11) is 0. The highest BCUT2D eigenvalue weighted by molar-refractivity contribution is 7.13. The first-order chi connectivity index (χ1) is 13.4. The molecule has 1 fully saturated rings. The average Bonchev–Trinajstić information content (AvgIpc) is 3.10. The first kappa shape index (κ1) is 20.8. The Morgan fingerprint density at radius 3 is 2.75 bits per heavy atom. The molecule has 2 heterocycles. The Kier molecular flexibility index (Phi) is 7.04. The normalized spacial score (nSPS) is 16.5. The van der Waals surface area contributed by atoms with Crippen LogP contribution in [0.15, 0.2) is 29.6 Å². The van der Waals surface area contributed by atoms with Crippen molar-refractivity contribution < 1.29 is 9.59 Å². The van der Waals surface area contributed by atoms with E-state index in [2.05, 4.69) is 27.4 Å². The Balaban J connectivity index is 1.51. The second-order valence-corrected chi connectivity index (χ2v) is 8.53. The summed E-state index contributed by atoms with van der Waals surface area (Å²) < 4.78 is 0. The molecule has 2 amide bonds. The van der Waals surface area contributed by atoms with E-state index < -0.39 is 6.04 Å². The molecular formula is C20H25ClN4O2S. The number of hydrogen-bond acceptors (Lipinski definition) is 5. The van der Waals surface area contributed by atoms with Crippen molar-refractivity contribution in [1.82, 2.24) is 15.2 Å². The van der Waals surface area contributed by atoms with Gasteiger partial charge in [-0.1, -0.05) is 30.7 Å². The van der Waals surface area contributed by atoms with Crippen LogP contribution in [0.1, 0.15) is 42.7 Å². The van der Waals surface area contributed by atoms with E-state index in [1.54, 1.807) is 31.2 Å². The van der Waals surface area contributed by atoms with Gasteiger partial charge in [-0.3, -0.25) is 14.5 Å². The Bertz CT molecular complexity index is 833. The van der Waals surface area contributed by atoms with Crippen molar-refractivity contribution in [3.63, 3.8) is 0 Å². The predicted octanol–water partition coefficient (Wildman–Crippen LogP) is 3.79. The molecule has 8 heteroatoms. The molecule has 28 heavy (non-hydrogen) atoms. The number of benzene rings is 1. The zero-order valence-corrected chi connectivity index (χ0v) is 17.6. The third-order valence-electron chi connectivity index (χ3n) is 4.90. The topological polar surface area (TPSA) is 74.3 Å². The zero-order chi connectivity index (χ0) is 20.1. The predicted molar refractivity (Wildman–Crippen MR) is 113 cm³/mol. The van der Waals surface area contributed by atoms with Crippen molar-refractivity contribution in [2.24, 2.45) is 5.92 Å². The molecule has 2 N–H and O–H groups in total. The molecule has 1 aromatic carbocycles. The monoisotopic (exact) mass is 420 g/mol. The van der Waals surface area contributed by atoms with Crippen molar-refractivity contribution >= 4 is 39.9 Å². The largest absolute Gasteiger partial charge is 0.340 e. The Hall–Kier alpha value is -1.96. The van der Waals surface area contributed by atoms with Gasteiger partial charge in [0, 0.05) is 11.9 Å². The Morgan fingerprint density at radius 2 is 2.04 bits per heavy atom. The lowest BCUT2D eigenvalue weighted by molar-refractivity contribution is -0.117. The molecule has 0 spiro atoms. The van der Waals surface area contributed by atoms with Crippen molar-refractivity contribution in [2.75, 3.05) is 18.4 Å². The molecule has 1 saturated heterocycles. The van der Waals surface area contributed by atoms with Crippen LogP contribution in [0.4, 0.5) is 5.13 Å². The molecule has 0 radical (unpaired) electrons. The van der Waals surface area contributed by atoms with Gasteiger partial charge in [0.25, 0.3) is 5.91 Å². The van der Waals surface area contributed by atoms with Gasteiger partial charge in [-0.15, -0.1) is 11.3 Å². The van der Waals surface area contributed by atoms with Crippen molar-refractivity contribution in [1.29, 1.82) is 0 Å². The van der Waals surface area contributed by atoms with Gasteiger partial charge in [0.1, 0.15) is 6.04 Å². The van der Waals surface area contributed by atoms with Gasteiger partial charge in [0.2, 0.25) is 5.91 Å². The molecule has 1 unspecified atom stereocenters. The summed E-state index contributed by atoms with van der Waals surface area (Å²) in [6.45, 7) is 6.90. The molecule has 6 nitrogen and oxygen atoms in total. The number of anilines is 1. The number of likely N-dealkylation sites (tertiary alicyclic amines) is 1. The standard InChI is InChI=1S/C20H25ClN4O2S/c1-13-7-9-25(10-8-13)11-15-12-28-20(23-15)24-18(26)14(2)22-19(27)16-5-3-4-6-17(16)21/h3-6,12-14H,7-11H2,1-2H3,(H,22,27)(H,23,24,26). The van der Waals surface area contributed by atoms with E-state index in [0.717, 1.165) is 31.2 Å². The highest BCUT2D eigenvalue weighted by atomic mass is 35.5. The van der Waals surface area contributed by atoms with Crippen LogP contribution < -0.4 is 10.6 Å². The highest BCUT2D eigenvalue weighted by Gasteiger charge is 2.20. The summed E-state index contributed by atoms with van der Waals surface area (Å²) in [5, 5.41) is 8.32. The van der Waals surface area contributed by atoms with Crippen LogP contribution in [0.3, 0.4) is 0 Å². The minimum Gasteiger partial charge on any atom is -0.340 e. The smallest absolute Gasteiger partial charge is 0.253 e. The number of amides is 2. The van der Waals surface area contributed by atoms with Crippen LogP contribution in [-0.4, -0.2) is 40.8 Å².